The van der Waals surface area contributed by atoms with Crippen molar-refractivity contribution in [3.05, 3.63) is 94.5 Å². The minimum absolute atomic E-state index is 0.164. The van der Waals surface area contributed by atoms with Crippen LogP contribution in [-0.4, -0.2) is 11.9 Å². The molecule has 3 aromatic rings. The molecule has 0 bridgehead atoms. The maximum atomic E-state index is 12.2. The van der Waals surface area contributed by atoms with Crippen molar-refractivity contribution in [3.63, 3.8) is 0 Å². The van der Waals surface area contributed by atoms with Crippen LogP contribution in [0.2, 0.25) is 0 Å². The average Bonchev–Trinajstić information content (AvgIpc) is 2.69. The Kier molecular flexibility index (Phi) is 6.22. The molecule has 0 aliphatic carbocycles. The molecule has 0 saturated carbocycles. The van der Waals surface area contributed by atoms with E-state index in [1.165, 1.54) is 0 Å². The molecule has 27 heavy (non-hydrogen) atoms. The van der Waals surface area contributed by atoms with Gasteiger partial charge in [0.05, 0.1) is 5.69 Å². The van der Waals surface area contributed by atoms with Crippen molar-refractivity contribution in [2.45, 2.75) is 6.54 Å². The van der Waals surface area contributed by atoms with Crippen molar-refractivity contribution in [3.8, 4) is 0 Å². The number of carbonyl (C=O) groups is 2. The van der Waals surface area contributed by atoms with Gasteiger partial charge in [-0.25, -0.2) is 4.79 Å². The molecule has 3 amide bonds. The average molecular weight is 424 g/mol. The fraction of sp³-hybridized carbons (Fsp3) is 0.0476. The summed E-state index contributed by atoms with van der Waals surface area (Å²) in [5, 5.41) is 8.37. The first-order valence-electron chi connectivity index (χ1n) is 8.36. The smallest absolute Gasteiger partial charge is 0.323 e. The predicted molar refractivity (Wildman–Crippen MR) is 111 cm³/mol. The molecule has 0 aliphatic heterocycles. The third kappa shape index (κ3) is 5.43. The highest BCUT2D eigenvalue weighted by Crippen LogP contribution is 2.21. The van der Waals surface area contributed by atoms with Gasteiger partial charge in [0.15, 0.2) is 0 Å². The molecule has 3 N–H and O–H groups in total. The summed E-state index contributed by atoms with van der Waals surface area (Å²) in [4.78, 5) is 24.3. The van der Waals surface area contributed by atoms with Crippen molar-refractivity contribution < 1.29 is 9.59 Å². The lowest BCUT2D eigenvalue weighted by Crippen LogP contribution is -2.23. The molecular weight excluding hydrogens is 406 g/mol. The molecule has 0 heterocycles. The Morgan fingerprint density at radius 2 is 1.44 bits per heavy atom. The highest BCUT2D eigenvalue weighted by Gasteiger charge is 2.08. The zero-order chi connectivity index (χ0) is 19.1. The van der Waals surface area contributed by atoms with Gasteiger partial charge in [0, 0.05) is 22.3 Å². The van der Waals surface area contributed by atoms with E-state index in [1.807, 2.05) is 48.5 Å². The Bertz CT molecular complexity index is 928. The second-order valence-corrected chi connectivity index (χ2v) is 6.66. The fourth-order valence-corrected chi connectivity index (χ4v) is 2.82. The predicted octanol–water partition coefficient (Wildman–Crippen LogP) is 5.02. The number of anilines is 2. The molecule has 136 valence electrons. The van der Waals surface area contributed by atoms with Crippen LogP contribution in [0, 0.1) is 0 Å². The lowest BCUT2D eigenvalue weighted by atomic mass is 10.2. The quantitative estimate of drug-likeness (QED) is 0.538. The highest BCUT2D eigenvalue weighted by molar-refractivity contribution is 9.10. The van der Waals surface area contributed by atoms with Crippen molar-refractivity contribution in [1.29, 1.82) is 0 Å². The summed E-state index contributed by atoms with van der Waals surface area (Å²) < 4.78 is 0.797. The monoisotopic (exact) mass is 423 g/mol. The summed E-state index contributed by atoms with van der Waals surface area (Å²) in [6, 6.07) is 23.4. The third-order valence-corrected chi connectivity index (χ3v) is 4.51. The molecule has 5 nitrogen and oxygen atoms in total. The van der Waals surface area contributed by atoms with E-state index in [1.54, 1.807) is 30.3 Å². The summed E-state index contributed by atoms with van der Waals surface area (Å²) >= 11 is 3.38. The third-order valence-electron chi connectivity index (χ3n) is 3.82. The molecule has 6 heteroatoms. The second kappa shape index (κ2) is 9.00. The number of carbonyl (C=O) groups excluding carboxylic acids is 2. The minimum atomic E-state index is -0.358. The van der Waals surface area contributed by atoms with E-state index in [9.17, 15) is 9.59 Å². The van der Waals surface area contributed by atoms with E-state index < -0.39 is 0 Å². The van der Waals surface area contributed by atoms with Crippen molar-refractivity contribution in [2.75, 3.05) is 10.6 Å². The number of hydrogen-bond acceptors (Lipinski definition) is 2. The SMILES string of the molecule is O=C(Nc1ccc(C(=O)NCc2ccccc2)cc1)Nc1ccccc1Br. The molecule has 0 spiro atoms. The number of urea groups is 1. The Balaban J connectivity index is 1.54. The van der Waals surface area contributed by atoms with Crippen LogP contribution in [0.5, 0.6) is 0 Å². The number of para-hydroxylation sites is 1. The Morgan fingerprint density at radius 1 is 0.778 bits per heavy atom. The molecule has 0 aliphatic rings. The van der Waals surface area contributed by atoms with E-state index in [4.69, 9.17) is 0 Å². The largest absolute Gasteiger partial charge is 0.348 e. The van der Waals surface area contributed by atoms with Gasteiger partial charge < -0.3 is 16.0 Å². The van der Waals surface area contributed by atoms with Crippen LogP contribution in [0.1, 0.15) is 15.9 Å². The number of amides is 3. The Morgan fingerprint density at radius 3 is 2.15 bits per heavy atom. The summed E-state index contributed by atoms with van der Waals surface area (Å²) in [7, 11) is 0. The maximum absolute atomic E-state index is 12.2. The number of benzene rings is 3. The molecular formula is C21H18BrN3O2. The molecule has 0 radical (unpaired) electrons. The van der Waals surface area contributed by atoms with E-state index in [2.05, 4.69) is 31.9 Å². The van der Waals surface area contributed by atoms with Crippen LogP contribution < -0.4 is 16.0 Å². The standard InChI is InChI=1S/C21H18BrN3O2/c22-18-8-4-5-9-19(18)25-21(27)24-17-12-10-16(11-13-17)20(26)23-14-15-6-2-1-3-7-15/h1-13H,14H2,(H,23,26)(H2,24,25,27). The number of hydrogen-bond donors (Lipinski definition) is 3. The zero-order valence-electron chi connectivity index (χ0n) is 14.4. The molecule has 0 unspecified atom stereocenters. The van der Waals surface area contributed by atoms with Gasteiger partial charge in [-0.1, -0.05) is 42.5 Å². The molecule has 0 atom stereocenters. The lowest BCUT2D eigenvalue weighted by molar-refractivity contribution is 0.0951. The number of rotatable bonds is 5. The van der Waals surface area contributed by atoms with E-state index >= 15 is 0 Å². The van der Waals surface area contributed by atoms with Crippen LogP contribution in [-0.2, 0) is 6.54 Å². The van der Waals surface area contributed by atoms with Gasteiger partial charge in [-0.15, -0.1) is 0 Å². The van der Waals surface area contributed by atoms with Gasteiger partial charge in [-0.3, -0.25) is 4.79 Å². The first kappa shape index (κ1) is 18.7. The van der Waals surface area contributed by atoms with E-state index in [0.717, 1.165) is 10.0 Å². The maximum Gasteiger partial charge on any atom is 0.323 e. The molecule has 3 aromatic carbocycles. The molecule has 0 aromatic heterocycles. The zero-order valence-corrected chi connectivity index (χ0v) is 16.0. The number of halogens is 1. The normalized spacial score (nSPS) is 10.1. The molecule has 3 rings (SSSR count). The molecule has 0 saturated heterocycles. The van der Waals surface area contributed by atoms with E-state index in [0.29, 0.717) is 23.5 Å². The topological polar surface area (TPSA) is 70.2 Å². The van der Waals surface area contributed by atoms with Gasteiger partial charge in [0.25, 0.3) is 5.91 Å². The van der Waals surface area contributed by atoms with Gasteiger partial charge in [-0.05, 0) is 57.9 Å². The second-order valence-electron chi connectivity index (χ2n) is 5.80. The van der Waals surface area contributed by atoms with Crippen LogP contribution in [0.3, 0.4) is 0 Å². The van der Waals surface area contributed by atoms with Crippen LogP contribution >= 0.6 is 15.9 Å². The van der Waals surface area contributed by atoms with E-state index in [-0.39, 0.29) is 11.9 Å². The fourth-order valence-electron chi connectivity index (χ4n) is 2.43. The van der Waals surface area contributed by atoms with Crippen LogP contribution in [0.25, 0.3) is 0 Å². The van der Waals surface area contributed by atoms with Crippen molar-refractivity contribution in [2.24, 2.45) is 0 Å². The van der Waals surface area contributed by atoms with Crippen molar-refractivity contribution >= 4 is 39.2 Å². The van der Waals surface area contributed by atoms with Crippen LogP contribution in [0.15, 0.2) is 83.3 Å². The summed E-state index contributed by atoms with van der Waals surface area (Å²) in [6.07, 6.45) is 0. The van der Waals surface area contributed by atoms with Gasteiger partial charge in [0.2, 0.25) is 0 Å². The van der Waals surface area contributed by atoms with Gasteiger partial charge in [0.1, 0.15) is 0 Å². The van der Waals surface area contributed by atoms with Gasteiger partial charge >= 0.3 is 6.03 Å². The van der Waals surface area contributed by atoms with Gasteiger partial charge in [-0.2, -0.15) is 0 Å². The summed E-state index contributed by atoms with van der Waals surface area (Å²) in [5.41, 5.74) is 2.83. The first-order chi connectivity index (χ1) is 13.1. The first-order valence-corrected chi connectivity index (χ1v) is 9.16. The number of nitrogens with one attached hydrogen (secondary N) is 3. The highest BCUT2D eigenvalue weighted by atomic mass is 79.9. The Hall–Kier alpha value is -3.12. The van der Waals surface area contributed by atoms with Crippen molar-refractivity contribution in [1.82, 2.24) is 5.32 Å². The lowest BCUT2D eigenvalue weighted by Gasteiger charge is -2.10. The summed E-state index contributed by atoms with van der Waals surface area (Å²) in [6.45, 7) is 0.466. The summed E-state index contributed by atoms with van der Waals surface area (Å²) in [5.74, 6) is -0.164. The Labute approximate surface area is 165 Å². The minimum Gasteiger partial charge on any atom is -0.348 e. The van der Waals surface area contributed by atoms with Crippen LogP contribution in [0.4, 0.5) is 16.2 Å². The molecule has 0 fully saturated rings.